The molecule has 0 bridgehead atoms. The number of rotatable bonds is 2. The average molecular weight is 296 g/mol. The van der Waals surface area contributed by atoms with E-state index in [9.17, 15) is 13.2 Å². The Morgan fingerprint density at radius 2 is 2.05 bits per heavy atom. The fourth-order valence-corrected chi connectivity index (χ4v) is 2.57. The zero-order valence-corrected chi connectivity index (χ0v) is 11.2. The monoisotopic (exact) mass is 296 g/mol. The van der Waals surface area contributed by atoms with E-state index in [2.05, 4.69) is 10.2 Å². The number of nitrogens with two attached hydrogens (primary N) is 1. The SMILES string of the molecule is NC1CCN(c2cc(-c3ccccc3C(F)(F)F)[nH]n2)C1. The van der Waals surface area contributed by atoms with E-state index >= 15 is 0 Å². The van der Waals surface area contributed by atoms with Gasteiger partial charge < -0.3 is 10.6 Å². The van der Waals surface area contributed by atoms with Crippen LogP contribution in [0.1, 0.15) is 12.0 Å². The summed E-state index contributed by atoms with van der Waals surface area (Å²) < 4.78 is 39.1. The lowest BCUT2D eigenvalue weighted by Crippen LogP contribution is -2.26. The van der Waals surface area contributed by atoms with Gasteiger partial charge in [-0.3, -0.25) is 5.10 Å². The van der Waals surface area contributed by atoms with Crippen LogP contribution in [0.2, 0.25) is 0 Å². The third-order valence-electron chi connectivity index (χ3n) is 3.64. The van der Waals surface area contributed by atoms with Gasteiger partial charge in [0.2, 0.25) is 0 Å². The van der Waals surface area contributed by atoms with E-state index in [0.29, 0.717) is 18.1 Å². The lowest BCUT2D eigenvalue weighted by atomic mass is 10.0. The first-order valence-electron chi connectivity index (χ1n) is 6.67. The molecule has 1 aromatic carbocycles. The summed E-state index contributed by atoms with van der Waals surface area (Å²) in [5.74, 6) is 0.634. The Bertz CT molecular complexity index is 635. The summed E-state index contributed by atoms with van der Waals surface area (Å²) in [7, 11) is 0. The van der Waals surface area contributed by atoms with Crippen molar-refractivity contribution in [1.82, 2.24) is 10.2 Å². The van der Waals surface area contributed by atoms with Crippen molar-refractivity contribution in [2.75, 3.05) is 18.0 Å². The number of nitrogens with one attached hydrogen (secondary N) is 1. The molecule has 7 heteroatoms. The number of benzene rings is 1. The van der Waals surface area contributed by atoms with Crippen LogP contribution in [-0.4, -0.2) is 29.3 Å². The van der Waals surface area contributed by atoms with Crippen molar-refractivity contribution in [3.63, 3.8) is 0 Å². The van der Waals surface area contributed by atoms with E-state index < -0.39 is 11.7 Å². The van der Waals surface area contributed by atoms with E-state index in [-0.39, 0.29) is 11.6 Å². The molecule has 0 aliphatic carbocycles. The minimum absolute atomic E-state index is 0.0904. The van der Waals surface area contributed by atoms with Gasteiger partial charge in [0.25, 0.3) is 0 Å². The van der Waals surface area contributed by atoms with Crippen molar-refractivity contribution >= 4 is 5.82 Å². The van der Waals surface area contributed by atoms with Crippen LogP contribution in [0.3, 0.4) is 0 Å². The Balaban J connectivity index is 1.94. The second-order valence-corrected chi connectivity index (χ2v) is 5.18. The lowest BCUT2D eigenvalue weighted by Gasteiger charge is -2.13. The van der Waals surface area contributed by atoms with Crippen LogP contribution in [-0.2, 0) is 6.18 Å². The summed E-state index contributed by atoms with van der Waals surface area (Å²) in [4.78, 5) is 1.97. The molecule has 4 nitrogen and oxygen atoms in total. The van der Waals surface area contributed by atoms with Gasteiger partial charge in [0, 0.05) is 30.8 Å². The van der Waals surface area contributed by atoms with Crippen molar-refractivity contribution in [3.8, 4) is 11.3 Å². The molecule has 0 radical (unpaired) electrons. The van der Waals surface area contributed by atoms with Gasteiger partial charge in [-0.25, -0.2) is 0 Å². The number of nitrogens with zero attached hydrogens (tertiary/aromatic N) is 2. The topological polar surface area (TPSA) is 57.9 Å². The second kappa shape index (κ2) is 5.07. The Morgan fingerprint density at radius 1 is 1.29 bits per heavy atom. The number of alkyl halides is 3. The zero-order valence-electron chi connectivity index (χ0n) is 11.2. The quantitative estimate of drug-likeness (QED) is 0.895. The first-order valence-corrected chi connectivity index (χ1v) is 6.67. The Kier molecular flexibility index (Phi) is 3.36. The predicted molar refractivity (Wildman–Crippen MR) is 73.8 cm³/mol. The molecule has 2 heterocycles. The molecule has 21 heavy (non-hydrogen) atoms. The summed E-state index contributed by atoms with van der Waals surface area (Å²) >= 11 is 0. The van der Waals surface area contributed by atoms with Gasteiger partial charge in [0.05, 0.1) is 11.3 Å². The Hall–Kier alpha value is -2.02. The van der Waals surface area contributed by atoms with Crippen molar-refractivity contribution < 1.29 is 13.2 Å². The van der Waals surface area contributed by atoms with Gasteiger partial charge in [0.15, 0.2) is 5.82 Å². The lowest BCUT2D eigenvalue weighted by molar-refractivity contribution is -0.137. The smallest absolute Gasteiger partial charge is 0.354 e. The number of hydrogen-bond acceptors (Lipinski definition) is 3. The molecule has 1 aliphatic rings. The molecule has 1 aromatic heterocycles. The van der Waals surface area contributed by atoms with Gasteiger partial charge in [-0.15, -0.1) is 0 Å². The number of anilines is 1. The van der Waals surface area contributed by atoms with E-state index in [1.54, 1.807) is 12.1 Å². The molecule has 1 unspecified atom stereocenters. The van der Waals surface area contributed by atoms with Crippen LogP contribution in [0.4, 0.5) is 19.0 Å². The standard InChI is InChI=1S/C14H15F3N4/c15-14(16,17)11-4-2-1-3-10(11)12-7-13(20-19-12)21-6-5-9(18)8-21/h1-4,7,9H,5-6,8,18H2,(H,19,20). The summed E-state index contributed by atoms with van der Waals surface area (Å²) in [5.41, 5.74) is 5.63. The van der Waals surface area contributed by atoms with Crippen molar-refractivity contribution in [2.45, 2.75) is 18.6 Å². The molecular weight excluding hydrogens is 281 g/mol. The van der Waals surface area contributed by atoms with Gasteiger partial charge in [0.1, 0.15) is 0 Å². The molecular formula is C14H15F3N4. The Morgan fingerprint density at radius 3 is 2.71 bits per heavy atom. The van der Waals surface area contributed by atoms with Crippen molar-refractivity contribution in [3.05, 3.63) is 35.9 Å². The molecule has 1 aliphatic heterocycles. The van der Waals surface area contributed by atoms with Crippen LogP contribution < -0.4 is 10.6 Å². The number of halogens is 3. The fourth-order valence-electron chi connectivity index (χ4n) is 2.57. The van der Waals surface area contributed by atoms with Crippen molar-refractivity contribution in [1.29, 1.82) is 0 Å². The highest BCUT2D eigenvalue weighted by Gasteiger charge is 2.34. The number of hydrogen-bond donors (Lipinski definition) is 2. The first-order chi connectivity index (χ1) is 9.95. The van der Waals surface area contributed by atoms with Crippen LogP contribution >= 0.6 is 0 Å². The third kappa shape index (κ3) is 2.73. The van der Waals surface area contributed by atoms with Gasteiger partial charge in [-0.05, 0) is 12.5 Å². The molecule has 1 atom stereocenters. The maximum Gasteiger partial charge on any atom is 0.417 e. The molecule has 1 fully saturated rings. The molecule has 1 saturated heterocycles. The minimum Gasteiger partial charge on any atom is -0.354 e. The first kappa shape index (κ1) is 13.9. The fraction of sp³-hybridized carbons (Fsp3) is 0.357. The van der Waals surface area contributed by atoms with Crippen LogP contribution in [0, 0.1) is 0 Å². The molecule has 0 saturated carbocycles. The zero-order chi connectivity index (χ0) is 15.0. The summed E-state index contributed by atoms with van der Waals surface area (Å²) in [6.45, 7) is 1.44. The maximum atomic E-state index is 13.0. The van der Waals surface area contributed by atoms with E-state index in [4.69, 9.17) is 5.73 Å². The molecule has 0 spiro atoms. The number of H-pyrrole nitrogens is 1. The highest BCUT2D eigenvalue weighted by atomic mass is 19.4. The summed E-state index contributed by atoms with van der Waals surface area (Å²) in [6.07, 6.45) is -3.53. The summed E-state index contributed by atoms with van der Waals surface area (Å²) in [6, 6.07) is 7.20. The largest absolute Gasteiger partial charge is 0.417 e. The van der Waals surface area contributed by atoms with Crippen LogP contribution in [0.25, 0.3) is 11.3 Å². The normalized spacial score (nSPS) is 19.2. The average Bonchev–Trinajstić information content (AvgIpc) is 3.06. The van der Waals surface area contributed by atoms with Crippen molar-refractivity contribution in [2.24, 2.45) is 5.73 Å². The molecule has 3 N–H and O–H groups in total. The number of aromatic nitrogens is 2. The molecule has 2 aromatic rings. The van der Waals surface area contributed by atoms with Crippen LogP contribution in [0.5, 0.6) is 0 Å². The van der Waals surface area contributed by atoms with Gasteiger partial charge >= 0.3 is 6.18 Å². The minimum atomic E-state index is -4.39. The maximum absolute atomic E-state index is 13.0. The molecule has 0 amide bonds. The van der Waals surface area contributed by atoms with Gasteiger partial charge in [-0.1, -0.05) is 18.2 Å². The predicted octanol–water partition coefficient (Wildman–Crippen LogP) is 2.63. The van der Waals surface area contributed by atoms with Crippen LogP contribution in [0.15, 0.2) is 30.3 Å². The summed E-state index contributed by atoms with van der Waals surface area (Å²) in [5, 5.41) is 6.80. The molecule has 112 valence electrons. The third-order valence-corrected chi connectivity index (χ3v) is 3.64. The molecule has 3 rings (SSSR count). The van der Waals surface area contributed by atoms with E-state index in [0.717, 1.165) is 19.0 Å². The van der Waals surface area contributed by atoms with E-state index in [1.165, 1.54) is 12.1 Å². The van der Waals surface area contributed by atoms with Gasteiger partial charge in [-0.2, -0.15) is 18.3 Å². The highest BCUT2D eigenvalue weighted by molar-refractivity contribution is 5.67. The second-order valence-electron chi connectivity index (χ2n) is 5.18. The van der Waals surface area contributed by atoms with E-state index in [1.807, 2.05) is 4.90 Å². The Labute approximate surface area is 119 Å². The highest BCUT2D eigenvalue weighted by Crippen LogP contribution is 2.37. The number of aromatic amines is 1.